The molecule has 8 nitrogen and oxygen atoms in total. The number of halogens is 5. The van der Waals surface area contributed by atoms with Gasteiger partial charge in [-0.05, 0) is 42.5 Å². The first-order valence-electron chi connectivity index (χ1n) is 8.94. The van der Waals surface area contributed by atoms with E-state index in [2.05, 4.69) is 31.6 Å². The van der Waals surface area contributed by atoms with Crippen molar-refractivity contribution >= 4 is 63.7 Å². The third-order valence-corrected chi connectivity index (χ3v) is 4.80. The summed E-state index contributed by atoms with van der Waals surface area (Å²) in [5.41, 5.74) is 4.74. The van der Waals surface area contributed by atoms with Gasteiger partial charge in [0.25, 0.3) is 5.91 Å². The first kappa shape index (κ1) is 23.8. The van der Waals surface area contributed by atoms with E-state index >= 15 is 0 Å². The van der Waals surface area contributed by atoms with Crippen LogP contribution in [0.3, 0.4) is 0 Å². The van der Waals surface area contributed by atoms with Gasteiger partial charge in [0.1, 0.15) is 11.5 Å². The van der Waals surface area contributed by atoms with Crippen LogP contribution in [0.2, 0.25) is 10.0 Å². The van der Waals surface area contributed by atoms with Crippen molar-refractivity contribution in [3.05, 3.63) is 52.1 Å². The molecule has 4 N–H and O–H groups in total. The number of amides is 1. The highest BCUT2D eigenvalue weighted by Gasteiger charge is 2.32. The van der Waals surface area contributed by atoms with Gasteiger partial charge in [-0.3, -0.25) is 15.6 Å². The SMILES string of the molecule is O=C(NNC(=S)Nc1ccc(Cl)cc1)C1=NO[C@H](CNc2ncc(C(F)(F)F)cc2Cl)C1. The number of hydrazine groups is 1. The highest BCUT2D eigenvalue weighted by Crippen LogP contribution is 2.32. The van der Waals surface area contributed by atoms with Gasteiger partial charge in [0.05, 0.1) is 17.1 Å². The first-order chi connectivity index (χ1) is 15.1. The molecule has 1 amide bonds. The van der Waals surface area contributed by atoms with E-state index < -0.39 is 23.8 Å². The molecule has 0 saturated heterocycles. The number of carbonyl (C=O) groups is 1. The lowest BCUT2D eigenvalue weighted by Gasteiger charge is -2.13. The maximum Gasteiger partial charge on any atom is 0.417 e. The lowest BCUT2D eigenvalue weighted by molar-refractivity contribution is -0.137. The number of thiocarbonyl (C=S) groups is 1. The normalized spacial score (nSPS) is 15.4. The standard InChI is InChI=1S/C18H15Cl2F3N6O2S/c19-10-1-3-11(4-2-10)26-17(32)28-27-16(30)14-6-12(31-29-14)8-25-15-13(20)5-9(7-24-15)18(21,22)23/h1-5,7,12H,6,8H2,(H,24,25)(H,27,30)(H2,26,28,32)/t12-/m0/s1. The lowest BCUT2D eigenvalue weighted by Crippen LogP contribution is -2.46. The smallest absolute Gasteiger partial charge is 0.390 e. The number of hydrogen-bond acceptors (Lipinski definition) is 6. The molecule has 0 bridgehead atoms. The maximum atomic E-state index is 12.7. The predicted molar refractivity (Wildman–Crippen MR) is 119 cm³/mol. The molecule has 0 aliphatic carbocycles. The van der Waals surface area contributed by atoms with Crippen LogP contribution in [0.15, 0.2) is 41.7 Å². The van der Waals surface area contributed by atoms with Gasteiger partial charge in [0, 0.05) is 23.3 Å². The Morgan fingerprint density at radius 1 is 1.22 bits per heavy atom. The molecule has 14 heteroatoms. The summed E-state index contributed by atoms with van der Waals surface area (Å²) in [4.78, 5) is 21.0. The number of anilines is 2. The zero-order valence-electron chi connectivity index (χ0n) is 16.0. The summed E-state index contributed by atoms with van der Waals surface area (Å²) < 4.78 is 38.0. The second-order valence-corrected chi connectivity index (χ2v) is 7.69. The van der Waals surface area contributed by atoms with Crippen molar-refractivity contribution in [2.75, 3.05) is 17.2 Å². The minimum absolute atomic E-state index is 0.0569. The summed E-state index contributed by atoms with van der Waals surface area (Å²) in [6, 6.07) is 7.55. The number of oxime groups is 1. The van der Waals surface area contributed by atoms with Gasteiger partial charge in [0.2, 0.25) is 0 Å². The van der Waals surface area contributed by atoms with Crippen molar-refractivity contribution in [3.63, 3.8) is 0 Å². The van der Waals surface area contributed by atoms with E-state index in [0.717, 1.165) is 6.07 Å². The van der Waals surface area contributed by atoms with Crippen LogP contribution in [0, 0.1) is 0 Å². The Labute approximate surface area is 195 Å². The average molecular weight is 507 g/mol. The van der Waals surface area contributed by atoms with Crippen LogP contribution in [-0.2, 0) is 15.8 Å². The molecule has 0 unspecified atom stereocenters. The highest BCUT2D eigenvalue weighted by molar-refractivity contribution is 7.80. The zero-order chi connectivity index (χ0) is 23.3. The third kappa shape index (κ3) is 6.58. The topological polar surface area (TPSA) is 99.7 Å². The van der Waals surface area contributed by atoms with Crippen molar-refractivity contribution in [3.8, 4) is 0 Å². The molecule has 32 heavy (non-hydrogen) atoms. The van der Waals surface area contributed by atoms with E-state index in [1.165, 1.54) is 0 Å². The van der Waals surface area contributed by atoms with Crippen molar-refractivity contribution < 1.29 is 22.8 Å². The van der Waals surface area contributed by atoms with Gasteiger partial charge in [0.15, 0.2) is 11.2 Å². The molecule has 0 radical (unpaired) electrons. The fourth-order valence-corrected chi connectivity index (χ4v) is 3.01. The van der Waals surface area contributed by atoms with Gasteiger partial charge >= 0.3 is 6.18 Å². The maximum absolute atomic E-state index is 12.7. The number of carbonyl (C=O) groups excluding carboxylic acids is 1. The third-order valence-electron chi connectivity index (χ3n) is 4.05. The predicted octanol–water partition coefficient (Wildman–Crippen LogP) is 3.98. The molecule has 1 aliphatic rings. The Kier molecular flexibility index (Phi) is 7.59. The fraction of sp³-hybridized carbons (Fsp3) is 0.222. The second kappa shape index (κ2) is 10.2. The summed E-state index contributed by atoms with van der Waals surface area (Å²) in [5.74, 6) is -0.500. The minimum atomic E-state index is -4.54. The molecule has 170 valence electrons. The first-order valence-corrected chi connectivity index (χ1v) is 10.1. The van der Waals surface area contributed by atoms with Gasteiger partial charge < -0.3 is 15.5 Å². The van der Waals surface area contributed by atoms with Crippen molar-refractivity contribution in [1.29, 1.82) is 0 Å². The lowest BCUT2D eigenvalue weighted by atomic mass is 10.1. The van der Waals surface area contributed by atoms with E-state index in [0.29, 0.717) is 16.9 Å². The molecule has 2 heterocycles. The van der Waals surface area contributed by atoms with Crippen LogP contribution in [0.1, 0.15) is 12.0 Å². The van der Waals surface area contributed by atoms with Gasteiger partial charge in [-0.2, -0.15) is 13.2 Å². The largest absolute Gasteiger partial charge is 0.417 e. The van der Waals surface area contributed by atoms with Crippen LogP contribution >= 0.6 is 35.4 Å². The summed E-state index contributed by atoms with van der Waals surface area (Å²) >= 11 is 16.7. The van der Waals surface area contributed by atoms with Crippen LogP contribution in [0.25, 0.3) is 0 Å². The molecule has 0 spiro atoms. The van der Waals surface area contributed by atoms with Crippen molar-refractivity contribution in [2.24, 2.45) is 5.16 Å². The van der Waals surface area contributed by atoms with Gasteiger partial charge in [-0.15, -0.1) is 0 Å². The van der Waals surface area contributed by atoms with Crippen LogP contribution < -0.4 is 21.5 Å². The van der Waals surface area contributed by atoms with Gasteiger partial charge in [-0.25, -0.2) is 4.98 Å². The second-order valence-electron chi connectivity index (χ2n) is 6.44. The summed E-state index contributed by atoms with van der Waals surface area (Å²) in [6.07, 6.45) is -4.27. The Balaban J connectivity index is 1.42. The van der Waals surface area contributed by atoms with E-state index in [1.807, 2.05) is 0 Å². The number of benzene rings is 1. The number of nitrogens with one attached hydrogen (secondary N) is 4. The molecule has 1 aliphatic heterocycles. The number of nitrogens with zero attached hydrogens (tertiary/aromatic N) is 2. The number of alkyl halides is 3. The van der Waals surface area contributed by atoms with E-state index in [1.54, 1.807) is 24.3 Å². The molecule has 1 aromatic carbocycles. The minimum Gasteiger partial charge on any atom is -0.390 e. The summed E-state index contributed by atoms with van der Waals surface area (Å²) in [5, 5.41) is 9.87. The Bertz CT molecular complexity index is 1040. The molecule has 3 rings (SSSR count). The Morgan fingerprint density at radius 3 is 2.59 bits per heavy atom. The van der Waals surface area contributed by atoms with Crippen LogP contribution in [0.4, 0.5) is 24.7 Å². The van der Waals surface area contributed by atoms with E-state index in [-0.39, 0.29) is 34.6 Å². The number of hydrogen-bond donors (Lipinski definition) is 4. The molecular formula is C18H15Cl2F3N6O2S. The quantitative estimate of drug-likeness (QED) is 0.359. The monoisotopic (exact) mass is 506 g/mol. The fourth-order valence-electron chi connectivity index (χ4n) is 2.49. The van der Waals surface area contributed by atoms with E-state index in [4.69, 9.17) is 40.3 Å². The summed E-state index contributed by atoms with van der Waals surface area (Å²) in [6.45, 7) is 0.113. The zero-order valence-corrected chi connectivity index (χ0v) is 18.3. The molecule has 0 saturated carbocycles. The average Bonchev–Trinajstić information content (AvgIpc) is 3.21. The summed E-state index contributed by atoms with van der Waals surface area (Å²) in [7, 11) is 0. The Hall–Kier alpha value is -2.83. The highest BCUT2D eigenvalue weighted by atomic mass is 35.5. The van der Waals surface area contributed by atoms with Crippen LogP contribution in [0.5, 0.6) is 0 Å². The molecule has 1 aromatic heterocycles. The molecular weight excluding hydrogens is 492 g/mol. The molecule has 1 atom stereocenters. The van der Waals surface area contributed by atoms with Crippen molar-refractivity contribution in [2.45, 2.75) is 18.7 Å². The van der Waals surface area contributed by atoms with Gasteiger partial charge in [-0.1, -0.05) is 28.4 Å². The molecule has 2 aromatic rings. The number of pyridine rings is 1. The van der Waals surface area contributed by atoms with Crippen LogP contribution in [-0.4, -0.2) is 34.4 Å². The number of rotatable bonds is 5. The van der Waals surface area contributed by atoms with Crippen molar-refractivity contribution in [1.82, 2.24) is 15.8 Å². The molecule has 0 fully saturated rings. The number of aromatic nitrogens is 1. The van der Waals surface area contributed by atoms with E-state index in [9.17, 15) is 18.0 Å². The Morgan fingerprint density at radius 2 is 1.94 bits per heavy atom.